The zero-order valence-electron chi connectivity index (χ0n) is 3.07. The summed E-state index contributed by atoms with van der Waals surface area (Å²) >= 11 is 3.02. The number of carbonyl (C=O) groups is 1. The van der Waals surface area contributed by atoms with Crippen LogP contribution in [0.25, 0.3) is 0 Å². The summed E-state index contributed by atoms with van der Waals surface area (Å²) in [6, 6.07) is 0. The van der Waals surface area contributed by atoms with Crippen LogP contribution in [0.5, 0.6) is 0 Å². The highest BCUT2D eigenvalue weighted by Crippen LogP contribution is 1.70. The fraction of sp³-hybridized carbons (Fsp3) is 0.250. The molecule has 0 N–H and O–H groups in total. The smallest absolute Gasteiger partial charge is 0.192 e. The minimum Gasteiger partial charge on any atom is -0.289 e. The molecule has 32 valence electrons. The zero-order chi connectivity index (χ0) is 4.83. The fourth-order valence-electron chi connectivity index (χ4n) is 0.0802. The summed E-state index contributed by atoms with van der Waals surface area (Å²) in [6.45, 7) is 0. The van der Waals surface area contributed by atoms with Crippen molar-refractivity contribution >= 4 is 22.2 Å². The molecular formula is C4H3BrO. The number of hydrogen-bond donors (Lipinski definition) is 0. The molecule has 1 nitrogen and oxygen atoms in total. The van der Waals surface area contributed by atoms with E-state index in [1.807, 2.05) is 0 Å². The second-order valence-corrected chi connectivity index (χ2v) is 1.13. The van der Waals surface area contributed by atoms with Gasteiger partial charge in [-0.1, -0.05) is 21.9 Å². The van der Waals surface area contributed by atoms with Gasteiger partial charge in [-0.15, -0.1) is 0 Å². The molecule has 0 aromatic carbocycles. The normalized spacial score (nSPS) is 5.50. The van der Waals surface area contributed by atoms with E-state index in [4.69, 9.17) is 0 Å². The summed E-state index contributed by atoms with van der Waals surface area (Å²) < 4.78 is 0. The molecule has 0 unspecified atom stereocenters. The highest BCUT2D eigenvalue weighted by molar-refractivity contribution is 9.09. The Labute approximate surface area is 44.9 Å². The van der Waals surface area contributed by atoms with Gasteiger partial charge in [-0.2, -0.15) is 0 Å². The second kappa shape index (κ2) is 4.71. The second-order valence-electron chi connectivity index (χ2n) is 0.573. The van der Waals surface area contributed by atoms with E-state index >= 15 is 0 Å². The minimum absolute atomic E-state index is 0.571. The highest BCUT2D eigenvalue weighted by Gasteiger charge is 1.56. The number of halogens is 1. The van der Waals surface area contributed by atoms with Crippen molar-refractivity contribution in [3.05, 3.63) is 0 Å². The van der Waals surface area contributed by atoms with Gasteiger partial charge in [-0.05, 0) is 5.92 Å². The molecule has 0 fully saturated rings. The Balaban J connectivity index is 3.13. The van der Waals surface area contributed by atoms with Crippen molar-refractivity contribution in [2.75, 3.05) is 5.33 Å². The predicted octanol–water partition coefficient (Wildman–Crippen LogP) is 0.584. The van der Waals surface area contributed by atoms with Gasteiger partial charge in [0.15, 0.2) is 6.29 Å². The molecular weight excluding hydrogens is 144 g/mol. The Morgan fingerprint density at radius 1 is 1.83 bits per heavy atom. The summed E-state index contributed by atoms with van der Waals surface area (Å²) in [7, 11) is 0. The quantitative estimate of drug-likeness (QED) is 0.278. The first-order chi connectivity index (χ1) is 2.91. The predicted molar refractivity (Wildman–Crippen MR) is 27.6 cm³/mol. The third kappa shape index (κ3) is 3.71. The van der Waals surface area contributed by atoms with Gasteiger partial charge in [0.1, 0.15) is 0 Å². The van der Waals surface area contributed by atoms with Crippen molar-refractivity contribution in [1.29, 1.82) is 0 Å². The first kappa shape index (κ1) is 5.71. The SMILES string of the molecule is O=CC#CCBr. The molecule has 0 aliphatic rings. The molecule has 0 aromatic rings. The molecule has 0 aliphatic heterocycles. The summed E-state index contributed by atoms with van der Waals surface area (Å²) in [5.74, 6) is 4.72. The van der Waals surface area contributed by atoms with Crippen LogP contribution in [0.3, 0.4) is 0 Å². The molecule has 0 heterocycles. The molecule has 2 heteroatoms. The van der Waals surface area contributed by atoms with Gasteiger partial charge in [0.05, 0.1) is 5.33 Å². The van der Waals surface area contributed by atoms with Crippen molar-refractivity contribution in [3.63, 3.8) is 0 Å². The van der Waals surface area contributed by atoms with E-state index in [1.165, 1.54) is 0 Å². The monoisotopic (exact) mass is 146 g/mol. The van der Waals surface area contributed by atoms with E-state index in [9.17, 15) is 4.79 Å². The van der Waals surface area contributed by atoms with Crippen LogP contribution in [0.2, 0.25) is 0 Å². The van der Waals surface area contributed by atoms with Crippen LogP contribution < -0.4 is 0 Å². The molecule has 0 bridgehead atoms. The van der Waals surface area contributed by atoms with Crippen LogP contribution in [0.1, 0.15) is 0 Å². The maximum Gasteiger partial charge on any atom is 0.192 e. The van der Waals surface area contributed by atoms with E-state index in [2.05, 4.69) is 27.8 Å². The van der Waals surface area contributed by atoms with Crippen molar-refractivity contribution < 1.29 is 4.79 Å². The summed E-state index contributed by atoms with van der Waals surface area (Å²) in [5.41, 5.74) is 0. The number of alkyl halides is 1. The lowest BCUT2D eigenvalue weighted by molar-refractivity contribution is -0.103. The van der Waals surface area contributed by atoms with Crippen LogP contribution in [-0.4, -0.2) is 11.6 Å². The van der Waals surface area contributed by atoms with Crippen LogP contribution in [0.15, 0.2) is 0 Å². The zero-order valence-corrected chi connectivity index (χ0v) is 4.66. The summed E-state index contributed by atoms with van der Waals surface area (Å²) in [5, 5.41) is 0.575. The van der Waals surface area contributed by atoms with Crippen LogP contribution in [0, 0.1) is 11.8 Å². The minimum atomic E-state index is 0.571. The topological polar surface area (TPSA) is 17.1 Å². The Morgan fingerprint density at radius 2 is 2.50 bits per heavy atom. The molecule has 0 atom stereocenters. The molecule has 0 saturated carbocycles. The van der Waals surface area contributed by atoms with Gasteiger partial charge >= 0.3 is 0 Å². The third-order valence-corrected chi connectivity index (χ3v) is 0.508. The van der Waals surface area contributed by atoms with Gasteiger partial charge in [-0.25, -0.2) is 0 Å². The van der Waals surface area contributed by atoms with Crippen LogP contribution in [-0.2, 0) is 4.79 Å². The third-order valence-electron chi connectivity index (χ3n) is 0.228. The molecule has 0 rings (SSSR count). The van der Waals surface area contributed by atoms with Gasteiger partial charge in [0.25, 0.3) is 0 Å². The van der Waals surface area contributed by atoms with Gasteiger partial charge in [-0.3, -0.25) is 4.79 Å². The van der Waals surface area contributed by atoms with Crippen LogP contribution >= 0.6 is 15.9 Å². The lowest BCUT2D eigenvalue weighted by Gasteiger charge is -1.56. The molecule has 0 aromatic heterocycles. The van der Waals surface area contributed by atoms with E-state index in [0.717, 1.165) is 0 Å². The maximum atomic E-state index is 9.37. The van der Waals surface area contributed by atoms with E-state index in [1.54, 1.807) is 0 Å². The highest BCUT2D eigenvalue weighted by atomic mass is 79.9. The summed E-state index contributed by atoms with van der Waals surface area (Å²) in [4.78, 5) is 9.37. The van der Waals surface area contributed by atoms with Crippen molar-refractivity contribution in [3.8, 4) is 11.8 Å². The maximum absolute atomic E-state index is 9.37. The Hall–Kier alpha value is -0.290. The first-order valence-electron chi connectivity index (χ1n) is 1.40. The van der Waals surface area contributed by atoms with E-state index in [-0.39, 0.29) is 0 Å². The van der Waals surface area contributed by atoms with Gasteiger partial charge in [0.2, 0.25) is 0 Å². The standard InChI is InChI=1S/C4H3BrO/c5-3-1-2-4-6/h4H,3H2. The molecule has 0 amide bonds. The number of aldehydes is 1. The Bertz CT molecular complexity index is 87.5. The van der Waals surface area contributed by atoms with Crippen molar-refractivity contribution in [2.24, 2.45) is 0 Å². The first-order valence-corrected chi connectivity index (χ1v) is 2.52. The average molecular weight is 147 g/mol. The Morgan fingerprint density at radius 3 is 2.67 bits per heavy atom. The van der Waals surface area contributed by atoms with Gasteiger partial charge in [0, 0.05) is 0 Å². The lowest BCUT2D eigenvalue weighted by Crippen LogP contribution is -1.60. The average Bonchev–Trinajstić information content (AvgIpc) is 1.61. The molecule has 6 heavy (non-hydrogen) atoms. The van der Waals surface area contributed by atoms with E-state index < -0.39 is 0 Å². The number of hydrogen-bond acceptors (Lipinski definition) is 1. The molecule has 0 radical (unpaired) electrons. The molecule has 0 aliphatic carbocycles. The largest absolute Gasteiger partial charge is 0.289 e. The fourth-order valence-corrected chi connectivity index (χ4v) is 0.242. The van der Waals surface area contributed by atoms with Crippen molar-refractivity contribution in [1.82, 2.24) is 0 Å². The number of carbonyl (C=O) groups excluding carboxylic acids is 1. The number of rotatable bonds is 0. The summed E-state index contributed by atoms with van der Waals surface area (Å²) in [6.07, 6.45) is 0.571. The van der Waals surface area contributed by atoms with E-state index in [0.29, 0.717) is 11.6 Å². The molecule has 0 spiro atoms. The molecule has 0 saturated heterocycles. The Kier molecular flexibility index (Phi) is 4.48. The van der Waals surface area contributed by atoms with Gasteiger partial charge < -0.3 is 0 Å². The van der Waals surface area contributed by atoms with Crippen LogP contribution in [0.4, 0.5) is 0 Å². The van der Waals surface area contributed by atoms with Crippen molar-refractivity contribution in [2.45, 2.75) is 0 Å². The lowest BCUT2D eigenvalue weighted by atomic mass is 10.7.